The Bertz CT molecular complexity index is 758. The molecule has 1 N–H and O–H groups in total. The van der Waals surface area contributed by atoms with Crippen molar-refractivity contribution in [2.75, 3.05) is 7.05 Å². The molecule has 0 saturated carbocycles. The van der Waals surface area contributed by atoms with Crippen molar-refractivity contribution in [3.8, 4) is 0 Å². The van der Waals surface area contributed by atoms with Crippen LogP contribution in [-0.2, 0) is 6.42 Å². The zero-order chi connectivity index (χ0) is 14.7. The molecule has 1 unspecified atom stereocenters. The SMILES string of the molecule is CNC(Cc1cccc(Cl)c1)c1cnc2ccccc2n1. The van der Waals surface area contributed by atoms with Gasteiger partial charge in [-0.15, -0.1) is 0 Å². The van der Waals surface area contributed by atoms with E-state index < -0.39 is 0 Å². The van der Waals surface area contributed by atoms with Crippen LogP contribution in [0, 0.1) is 0 Å². The maximum absolute atomic E-state index is 6.05. The number of nitrogens with one attached hydrogen (secondary N) is 1. The Kier molecular flexibility index (Phi) is 4.13. The van der Waals surface area contributed by atoms with Crippen LogP contribution in [0.4, 0.5) is 0 Å². The summed E-state index contributed by atoms with van der Waals surface area (Å²) in [5.74, 6) is 0. The van der Waals surface area contributed by atoms with Gasteiger partial charge < -0.3 is 5.32 Å². The highest BCUT2D eigenvalue weighted by atomic mass is 35.5. The number of hydrogen-bond acceptors (Lipinski definition) is 3. The molecule has 1 aromatic heterocycles. The van der Waals surface area contributed by atoms with E-state index in [2.05, 4.69) is 16.4 Å². The molecule has 0 aliphatic carbocycles. The van der Waals surface area contributed by atoms with E-state index >= 15 is 0 Å². The van der Waals surface area contributed by atoms with E-state index in [1.54, 1.807) is 0 Å². The maximum atomic E-state index is 6.05. The number of rotatable bonds is 4. The van der Waals surface area contributed by atoms with E-state index in [9.17, 15) is 0 Å². The lowest BCUT2D eigenvalue weighted by molar-refractivity contribution is 0.576. The van der Waals surface area contributed by atoms with Crippen LogP contribution in [0.5, 0.6) is 0 Å². The van der Waals surface area contributed by atoms with Crippen LogP contribution >= 0.6 is 11.6 Å². The number of nitrogens with zero attached hydrogens (tertiary/aromatic N) is 2. The lowest BCUT2D eigenvalue weighted by atomic mass is 10.0. The standard InChI is InChI=1S/C17H16ClN3/c1-19-16(10-12-5-4-6-13(18)9-12)17-11-20-14-7-2-3-8-15(14)21-17/h2-9,11,16,19H,10H2,1H3. The normalized spacial score (nSPS) is 12.5. The largest absolute Gasteiger partial charge is 0.311 e. The molecule has 4 heteroatoms. The van der Waals surface area contributed by atoms with Gasteiger partial charge >= 0.3 is 0 Å². The predicted octanol–water partition coefficient (Wildman–Crippen LogP) is 3.79. The molecule has 0 spiro atoms. The van der Waals surface area contributed by atoms with Crippen molar-refractivity contribution in [1.29, 1.82) is 0 Å². The molecule has 0 saturated heterocycles. The van der Waals surface area contributed by atoms with E-state index in [0.717, 1.165) is 28.2 Å². The first-order valence-electron chi connectivity index (χ1n) is 6.89. The highest BCUT2D eigenvalue weighted by Crippen LogP contribution is 2.20. The molecule has 3 rings (SSSR count). The summed E-state index contributed by atoms with van der Waals surface area (Å²) >= 11 is 6.05. The van der Waals surface area contributed by atoms with Crippen molar-refractivity contribution in [2.24, 2.45) is 0 Å². The molecule has 106 valence electrons. The summed E-state index contributed by atoms with van der Waals surface area (Å²) in [6, 6.07) is 15.9. The van der Waals surface area contributed by atoms with Gasteiger partial charge in [0, 0.05) is 5.02 Å². The third kappa shape index (κ3) is 3.20. The molecule has 2 aromatic carbocycles. The minimum Gasteiger partial charge on any atom is -0.311 e. The Balaban J connectivity index is 1.90. The lowest BCUT2D eigenvalue weighted by Crippen LogP contribution is -2.20. The van der Waals surface area contributed by atoms with Crippen molar-refractivity contribution < 1.29 is 0 Å². The zero-order valence-corrected chi connectivity index (χ0v) is 12.5. The van der Waals surface area contributed by atoms with Crippen molar-refractivity contribution in [3.63, 3.8) is 0 Å². The third-order valence-electron chi connectivity index (χ3n) is 3.50. The van der Waals surface area contributed by atoms with Gasteiger partial charge in [-0.25, -0.2) is 4.98 Å². The van der Waals surface area contributed by atoms with Gasteiger partial charge in [-0.05, 0) is 43.3 Å². The van der Waals surface area contributed by atoms with Crippen molar-refractivity contribution >= 4 is 22.6 Å². The number of halogens is 1. The molecule has 3 nitrogen and oxygen atoms in total. The van der Waals surface area contributed by atoms with Gasteiger partial charge in [0.25, 0.3) is 0 Å². The fourth-order valence-electron chi connectivity index (χ4n) is 2.39. The van der Waals surface area contributed by atoms with E-state index in [4.69, 9.17) is 16.6 Å². The summed E-state index contributed by atoms with van der Waals surface area (Å²) in [7, 11) is 1.94. The summed E-state index contributed by atoms with van der Waals surface area (Å²) in [6.45, 7) is 0. The summed E-state index contributed by atoms with van der Waals surface area (Å²) in [5.41, 5.74) is 3.95. The monoisotopic (exact) mass is 297 g/mol. The highest BCUT2D eigenvalue weighted by Gasteiger charge is 2.13. The van der Waals surface area contributed by atoms with E-state index in [1.807, 2.05) is 55.7 Å². The zero-order valence-electron chi connectivity index (χ0n) is 11.8. The topological polar surface area (TPSA) is 37.8 Å². The second kappa shape index (κ2) is 6.20. The maximum Gasteiger partial charge on any atom is 0.0890 e. The van der Waals surface area contributed by atoms with E-state index in [-0.39, 0.29) is 6.04 Å². The van der Waals surface area contributed by atoms with E-state index in [0.29, 0.717) is 0 Å². The van der Waals surface area contributed by atoms with Gasteiger partial charge in [-0.3, -0.25) is 4.98 Å². The van der Waals surface area contributed by atoms with Gasteiger partial charge in [0.15, 0.2) is 0 Å². The molecule has 0 amide bonds. The average Bonchev–Trinajstić information content (AvgIpc) is 2.52. The fraction of sp³-hybridized carbons (Fsp3) is 0.176. The first-order chi connectivity index (χ1) is 10.3. The van der Waals surface area contributed by atoms with Crippen LogP contribution in [-0.4, -0.2) is 17.0 Å². The summed E-state index contributed by atoms with van der Waals surface area (Å²) in [4.78, 5) is 9.19. The Hall–Kier alpha value is -1.97. The Labute approximate surface area is 129 Å². The van der Waals surface area contributed by atoms with Gasteiger partial charge in [-0.1, -0.05) is 35.9 Å². The first kappa shape index (κ1) is 14.0. The molecule has 0 radical (unpaired) electrons. The second-order valence-electron chi connectivity index (χ2n) is 4.96. The predicted molar refractivity (Wildman–Crippen MR) is 86.5 cm³/mol. The molecule has 1 atom stereocenters. The van der Waals surface area contributed by atoms with Crippen LogP contribution in [0.1, 0.15) is 17.3 Å². The number of fused-ring (bicyclic) bond motifs is 1. The Morgan fingerprint density at radius 2 is 1.90 bits per heavy atom. The van der Waals surface area contributed by atoms with Gasteiger partial charge in [0.2, 0.25) is 0 Å². The molecular formula is C17H16ClN3. The fourth-order valence-corrected chi connectivity index (χ4v) is 2.61. The molecule has 0 aliphatic heterocycles. The first-order valence-corrected chi connectivity index (χ1v) is 7.27. The van der Waals surface area contributed by atoms with E-state index in [1.165, 1.54) is 5.56 Å². The van der Waals surface area contributed by atoms with Gasteiger partial charge in [0.05, 0.1) is 29.0 Å². The molecular weight excluding hydrogens is 282 g/mol. The smallest absolute Gasteiger partial charge is 0.0890 e. The summed E-state index contributed by atoms with van der Waals surface area (Å²) in [5, 5.41) is 4.06. The molecule has 21 heavy (non-hydrogen) atoms. The van der Waals surface area contributed by atoms with Crippen LogP contribution in [0.3, 0.4) is 0 Å². The van der Waals surface area contributed by atoms with Crippen LogP contribution in [0.15, 0.2) is 54.7 Å². The lowest BCUT2D eigenvalue weighted by Gasteiger charge is -2.16. The molecule has 0 fully saturated rings. The number of likely N-dealkylation sites (N-methyl/N-ethyl adjacent to an activating group) is 1. The van der Waals surface area contributed by atoms with Crippen LogP contribution < -0.4 is 5.32 Å². The summed E-state index contributed by atoms with van der Waals surface area (Å²) < 4.78 is 0. The van der Waals surface area contributed by atoms with Crippen LogP contribution in [0.25, 0.3) is 11.0 Å². The average molecular weight is 298 g/mol. The van der Waals surface area contributed by atoms with Crippen molar-refractivity contribution in [3.05, 3.63) is 71.0 Å². The molecule has 0 bridgehead atoms. The minimum absolute atomic E-state index is 0.112. The second-order valence-corrected chi connectivity index (χ2v) is 5.40. The van der Waals surface area contributed by atoms with Crippen LogP contribution in [0.2, 0.25) is 5.02 Å². The van der Waals surface area contributed by atoms with Crippen molar-refractivity contribution in [2.45, 2.75) is 12.5 Å². The number of para-hydroxylation sites is 2. The van der Waals surface area contributed by atoms with Gasteiger partial charge in [0.1, 0.15) is 0 Å². The Morgan fingerprint density at radius 3 is 2.67 bits per heavy atom. The summed E-state index contributed by atoms with van der Waals surface area (Å²) in [6.07, 6.45) is 2.66. The molecule has 1 heterocycles. The highest BCUT2D eigenvalue weighted by molar-refractivity contribution is 6.30. The number of hydrogen-bond donors (Lipinski definition) is 1. The van der Waals surface area contributed by atoms with Gasteiger partial charge in [-0.2, -0.15) is 0 Å². The molecule has 3 aromatic rings. The van der Waals surface area contributed by atoms with Crippen molar-refractivity contribution in [1.82, 2.24) is 15.3 Å². The number of benzene rings is 2. The Morgan fingerprint density at radius 1 is 1.10 bits per heavy atom. The molecule has 0 aliphatic rings. The third-order valence-corrected chi connectivity index (χ3v) is 3.74. The quantitative estimate of drug-likeness (QED) is 0.796. The number of aromatic nitrogens is 2. The minimum atomic E-state index is 0.112.